The predicted octanol–water partition coefficient (Wildman–Crippen LogP) is 4.48. The summed E-state index contributed by atoms with van der Waals surface area (Å²) in [5.74, 6) is 0.621. The number of fused-ring (bicyclic) bond motifs is 1. The summed E-state index contributed by atoms with van der Waals surface area (Å²) < 4.78 is 11.4. The van der Waals surface area contributed by atoms with Gasteiger partial charge in [0, 0.05) is 16.7 Å². The molecule has 3 aromatic rings. The standard InChI is InChI=1S/C23H20O4/c1-14-12-16(8-10-20(14)24)23(17-9-11-21(26-3)15(2)13-17)19-7-5-4-6-18(19)22(25)27-23/h4-13,24H,1-3H3. The minimum absolute atomic E-state index is 0.206. The Morgan fingerprint density at radius 2 is 1.59 bits per heavy atom. The SMILES string of the molecule is COc1ccc(C2(c3ccc(O)c(C)c3)OC(=O)c3ccccc32)cc1C. The summed E-state index contributed by atoms with van der Waals surface area (Å²) in [5.41, 5.74) is 3.58. The fourth-order valence-corrected chi connectivity index (χ4v) is 3.78. The van der Waals surface area contributed by atoms with E-state index in [0.29, 0.717) is 5.56 Å². The van der Waals surface area contributed by atoms with Gasteiger partial charge in [0.25, 0.3) is 0 Å². The Morgan fingerprint density at radius 1 is 0.926 bits per heavy atom. The van der Waals surface area contributed by atoms with Crippen LogP contribution < -0.4 is 4.74 Å². The highest BCUT2D eigenvalue weighted by atomic mass is 16.6. The van der Waals surface area contributed by atoms with Gasteiger partial charge in [0.15, 0.2) is 5.60 Å². The molecule has 0 aromatic heterocycles. The summed E-state index contributed by atoms with van der Waals surface area (Å²) in [7, 11) is 1.63. The molecule has 3 aromatic carbocycles. The highest BCUT2D eigenvalue weighted by molar-refractivity contribution is 5.96. The van der Waals surface area contributed by atoms with E-state index in [2.05, 4.69) is 0 Å². The summed E-state index contributed by atoms with van der Waals surface area (Å²) in [4.78, 5) is 12.7. The molecule has 1 N–H and O–H groups in total. The van der Waals surface area contributed by atoms with E-state index in [0.717, 1.165) is 33.6 Å². The van der Waals surface area contributed by atoms with Crippen LogP contribution in [0.15, 0.2) is 60.7 Å². The van der Waals surface area contributed by atoms with Crippen molar-refractivity contribution in [1.29, 1.82) is 0 Å². The summed E-state index contributed by atoms with van der Waals surface area (Å²) >= 11 is 0. The number of ether oxygens (including phenoxy) is 2. The van der Waals surface area contributed by atoms with Crippen molar-refractivity contribution >= 4 is 5.97 Å². The third-order valence-corrected chi connectivity index (χ3v) is 5.18. The van der Waals surface area contributed by atoms with E-state index >= 15 is 0 Å². The van der Waals surface area contributed by atoms with Crippen molar-refractivity contribution in [2.45, 2.75) is 19.4 Å². The van der Waals surface area contributed by atoms with Crippen LogP contribution in [0.3, 0.4) is 0 Å². The largest absolute Gasteiger partial charge is 0.508 e. The summed E-state index contributed by atoms with van der Waals surface area (Å²) in [6.45, 7) is 3.79. The van der Waals surface area contributed by atoms with Gasteiger partial charge in [-0.15, -0.1) is 0 Å². The number of phenolic OH excluding ortho intramolecular Hbond substituents is 1. The summed E-state index contributed by atoms with van der Waals surface area (Å²) in [6.07, 6.45) is 0. The van der Waals surface area contributed by atoms with Gasteiger partial charge in [-0.05, 0) is 55.3 Å². The molecule has 1 aliphatic heterocycles. The smallest absolute Gasteiger partial charge is 0.340 e. The van der Waals surface area contributed by atoms with Crippen LogP contribution in [0.5, 0.6) is 11.5 Å². The van der Waals surface area contributed by atoms with Crippen molar-refractivity contribution in [2.24, 2.45) is 0 Å². The molecule has 1 heterocycles. The number of carbonyl (C=O) groups is 1. The molecule has 4 heteroatoms. The Hall–Kier alpha value is -3.27. The lowest BCUT2D eigenvalue weighted by Gasteiger charge is -2.31. The highest BCUT2D eigenvalue weighted by Crippen LogP contribution is 2.48. The maximum absolute atomic E-state index is 12.7. The molecule has 0 bridgehead atoms. The van der Waals surface area contributed by atoms with Crippen LogP contribution in [-0.4, -0.2) is 18.2 Å². The molecule has 0 spiro atoms. The van der Waals surface area contributed by atoms with E-state index in [9.17, 15) is 9.90 Å². The number of esters is 1. The molecule has 27 heavy (non-hydrogen) atoms. The number of aromatic hydroxyl groups is 1. The third-order valence-electron chi connectivity index (χ3n) is 5.18. The lowest BCUT2D eigenvalue weighted by molar-refractivity contribution is 0.0251. The number of hydrogen-bond acceptors (Lipinski definition) is 4. The Balaban J connectivity index is 2.04. The van der Waals surface area contributed by atoms with Gasteiger partial charge in [-0.2, -0.15) is 0 Å². The summed E-state index contributed by atoms with van der Waals surface area (Å²) in [6, 6.07) is 18.5. The van der Waals surface area contributed by atoms with Crippen molar-refractivity contribution in [3.8, 4) is 11.5 Å². The van der Waals surface area contributed by atoms with Crippen molar-refractivity contribution in [2.75, 3.05) is 7.11 Å². The monoisotopic (exact) mass is 360 g/mol. The van der Waals surface area contributed by atoms with Gasteiger partial charge in [0.2, 0.25) is 0 Å². The van der Waals surface area contributed by atoms with E-state index < -0.39 is 5.60 Å². The lowest BCUT2D eigenvalue weighted by Crippen LogP contribution is -2.29. The van der Waals surface area contributed by atoms with Gasteiger partial charge < -0.3 is 14.6 Å². The van der Waals surface area contributed by atoms with Gasteiger partial charge in [0.1, 0.15) is 11.5 Å². The van der Waals surface area contributed by atoms with Crippen LogP contribution >= 0.6 is 0 Å². The van der Waals surface area contributed by atoms with Crippen LogP contribution in [0.2, 0.25) is 0 Å². The minimum Gasteiger partial charge on any atom is -0.508 e. The van der Waals surface area contributed by atoms with E-state index in [1.165, 1.54) is 0 Å². The number of carbonyl (C=O) groups excluding carboxylic acids is 1. The molecule has 4 nitrogen and oxygen atoms in total. The Kier molecular flexibility index (Phi) is 3.92. The fraction of sp³-hybridized carbons (Fsp3) is 0.174. The van der Waals surface area contributed by atoms with Crippen LogP contribution in [-0.2, 0) is 10.3 Å². The second-order valence-corrected chi connectivity index (χ2v) is 6.80. The molecule has 1 aliphatic rings. The average Bonchev–Trinajstić information content (AvgIpc) is 2.98. The first-order chi connectivity index (χ1) is 13.0. The van der Waals surface area contributed by atoms with Gasteiger partial charge in [0.05, 0.1) is 12.7 Å². The van der Waals surface area contributed by atoms with Crippen LogP contribution in [0.1, 0.15) is 38.2 Å². The number of hydrogen-bond donors (Lipinski definition) is 1. The number of aryl methyl sites for hydroxylation is 2. The maximum atomic E-state index is 12.7. The van der Waals surface area contributed by atoms with Crippen molar-refractivity contribution in [3.05, 3.63) is 94.0 Å². The molecule has 0 radical (unpaired) electrons. The van der Waals surface area contributed by atoms with E-state index in [1.54, 1.807) is 25.3 Å². The molecule has 0 fully saturated rings. The van der Waals surface area contributed by atoms with E-state index in [1.807, 2.05) is 56.3 Å². The first-order valence-corrected chi connectivity index (χ1v) is 8.75. The molecular formula is C23H20O4. The number of rotatable bonds is 3. The number of benzene rings is 3. The van der Waals surface area contributed by atoms with Gasteiger partial charge in [-0.3, -0.25) is 0 Å². The quantitative estimate of drug-likeness (QED) is 0.700. The predicted molar refractivity (Wildman–Crippen MR) is 102 cm³/mol. The molecule has 1 atom stereocenters. The third kappa shape index (κ3) is 2.48. The summed E-state index contributed by atoms with van der Waals surface area (Å²) in [5, 5.41) is 9.98. The topological polar surface area (TPSA) is 55.8 Å². The van der Waals surface area contributed by atoms with Gasteiger partial charge in [-0.1, -0.05) is 30.3 Å². The first-order valence-electron chi connectivity index (χ1n) is 8.75. The number of methoxy groups -OCH3 is 1. The highest BCUT2D eigenvalue weighted by Gasteiger charge is 2.48. The van der Waals surface area contributed by atoms with Crippen molar-refractivity contribution in [1.82, 2.24) is 0 Å². The second kappa shape index (κ2) is 6.16. The zero-order valence-electron chi connectivity index (χ0n) is 15.4. The van der Waals surface area contributed by atoms with E-state index in [4.69, 9.17) is 9.47 Å². The average molecular weight is 360 g/mol. The van der Waals surface area contributed by atoms with Crippen molar-refractivity contribution in [3.63, 3.8) is 0 Å². The first kappa shape index (κ1) is 17.2. The van der Waals surface area contributed by atoms with Gasteiger partial charge >= 0.3 is 5.97 Å². The molecule has 0 saturated heterocycles. The second-order valence-electron chi connectivity index (χ2n) is 6.80. The molecule has 4 rings (SSSR count). The fourth-order valence-electron chi connectivity index (χ4n) is 3.78. The molecular weight excluding hydrogens is 340 g/mol. The molecule has 136 valence electrons. The van der Waals surface area contributed by atoms with E-state index in [-0.39, 0.29) is 11.7 Å². The molecule has 0 amide bonds. The lowest BCUT2D eigenvalue weighted by atomic mass is 9.79. The normalized spacial score (nSPS) is 18.1. The molecule has 0 saturated carbocycles. The Bertz CT molecular complexity index is 1050. The van der Waals surface area contributed by atoms with Crippen molar-refractivity contribution < 1.29 is 19.4 Å². The van der Waals surface area contributed by atoms with Crippen LogP contribution in [0, 0.1) is 13.8 Å². The molecule has 0 aliphatic carbocycles. The van der Waals surface area contributed by atoms with Crippen LogP contribution in [0.25, 0.3) is 0 Å². The Labute approximate surface area is 158 Å². The number of phenols is 1. The molecule has 1 unspecified atom stereocenters. The van der Waals surface area contributed by atoms with Gasteiger partial charge in [-0.25, -0.2) is 4.79 Å². The zero-order chi connectivity index (χ0) is 19.2. The Morgan fingerprint density at radius 3 is 2.26 bits per heavy atom. The maximum Gasteiger partial charge on any atom is 0.340 e. The number of cyclic esters (lactones) is 1. The zero-order valence-corrected chi connectivity index (χ0v) is 15.4. The minimum atomic E-state index is -1.07. The van der Waals surface area contributed by atoms with Crippen LogP contribution in [0.4, 0.5) is 0 Å².